The third-order valence-corrected chi connectivity index (χ3v) is 6.83. The molecule has 0 saturated carbocycles. The molecule has 156 valence electrons. The zero-order valence-electron chi connectivity index (χ0n) is 16.8. The third kappa shape index (κ3) is 4.42. The first-order valence-corrected chi connectivity index (χ1v) is 11.1. The van der Waals surface area contributed by atoms with E-state index in [4.69, 9.17) is 0 Å². The Labute approximate surface area is 176 Å². The summed E-state index contributed by atoms with van der Waals surface area (Å²) in [6, 6.07) is 19.9. The molecule has 5 nitrogen and oxygen atoms in total. The van der Waals surface area contributed by atoms with Gasteiger partial charge in [-0.2, -0.15) is 4.31 Å². The highest BCUT2D eigenvalue weighted by Crippen LogP contribution is 2.28. The molecule has 0 spiro atoms. The fourth-order valence-electron chi connectivity index (χ4n) is 3.20. The van der Waals surface area contributed by atoms with Crippen molar-refractivity contribution < 1.29 is 17.6 Å². The first-order chi connectivity index (χ1) is 14.4. The maximum absolute atomic E-state index is 14.4. The van der Waals surface area contributed by atoms with Crippen molar-refractivity contribution in [2.24, 2.45) is 0 Å². The molecule has 0 heterocycles. The van der Waals surface area contributed by atoms with Crippen LogP contribution in [0, 0.1) is 5.82 Å². The second kappa shape index (κ2) is 9.19. The fraction of sp³-hybridized carbons (Fsp3) is 0.174. The number of hydrogen-bond donors (Lipinski definition) is 1. The zero-order chi connectivity index (χ0) is 21.7. The molecule has 0 unspecified atom stereocenters. The molecule has 0 aliphatic rings. The van der Waals surface area contributed by atoms with Crippen molar-refractivity contribution in [2.45, 2.75) is 18.7 Å². The van der Waals surface area contributed by atoms with Crippen molar-refractivity contribution in [3.63, 3.8) is 0 Å². The summed E-state index contributed by atoms with van der Waals surface area (Å²) >= 11 is 0. The molecule has 0 aromatic heterocycles. The quantitative estimate of drug-likeness (QED) is 0.592. The van der Waals surface area contributed by atoms with Crippen LogP contribution in [0.25, 0.3) is 11.1 Å². The molecule has 0 radical (unpaired) electrons. The van der Waals surface area contributed by atoms with Gasteiger partial charge in [0.1, 0.15) is 5.82 Å². The van der Waals surface area contributed by atoms with Gasteiger partial charge < -0.3 is 5.32 Å². The van der Waals surface area contributed by atoms with Crippen molar-refractivity contribution in [3.05, 3.63) is 84.2 Å². The zero-order valence-corrected chi connectivity index (χ0v) is 17.6. The fourth-order valence-corrected chi connectivity index (χ4v) is 4.69. The minimum absolute atomic E-state index is 0.117. The summed E-state index contributed by atoms with van der Waals surface area (Å²) in [5, 5.41) is 2.71. The molecular weight excluding hydrogens is 403 g/mol. The van der Waals surface area contributed by atoms with E-state index in [2.05, 4.69) is 5.32 Å². The minimum atomic E-state index is -3.81. The van der Waals surface area contributed by atoms with Crippen LogP contribution in [-0.2, 0) is 10.0 Å². The van der Waals surface area contributed by atoms with Gasteiger partial charge in [-0.05, 0) is 29.8 Å². The van der Waals surface area contributed by atoms with Crippen molar-refractivity contribution in [2.75, 3.05) is 18.4 Å². The van der Waals surface area contributed by atoms with Crippen LogP contribution >= 0.6 is 0 Å². The van der Waals surface area contributed by atoms with E-state index in [0.29, 0.717) is 5.69 Å². The van der Waals surface area contributed by atoms with E-state index in [1.54, 1.807) is 26.0 Å². The van der Waals surface area contributed by atoms with E-state index < -0.39 is 21.7 Å². The van der Waals surface area contributed by atoms with Gasteiger partial charge in [-0.15, -0.1) is 0 Å². The van der Waals surface area contributed by atoms with Gasteiger partial charge >= 0.3 is 0 Å². The summed E-state index contributed by atoms with van der Waals surface area (Å²) in [6.45, 7) is 4.00. The highest BCUT2D eigenvalue weighted by Gasteiger charge is 2.24. The predicted octanol–water partition coefficient (Wildman–Crippen LogP) is 4.78. The Kier molecular flexibility index (Phi) is 6.64. The largest absolute Gasteiger partial charge is 0.321 e. The highest BCUT2D eigenvalue weighted by molar-refractivity contribution is 7.89. The monoisotopic (exact) mass is 426 g/mol. The van der Waals surface area contributed by atoms with Crippen LogP contribution in [0.1, 0.15) is 24.2 Å². The molecule has 1 N–H and O–H groups in total. The first-order valence-electron chi connectivity index (χ1n) is 9.64. The van der Waals surface area contributed by atoms with Gasteiger partial charge in [0.05, 0.1) is 10.5 Å². The van der Waals surface area contributed by atoms with Crippen molar-refractivity contribution in [1.82, 2.24) is 4.31 Å². The van der Waals surface area contributed by atoms with E-state index in [9.17, 15) is 17.6 Å². The maximum Gasteiger partial charge on any atom is 0.258 e. The number of carbonyl (C=O) groups is 1. The number of hydrogen-bond acceptors (Lipinski definition) is 3. The molecule has 3 rings (SSSR count). The number of rotatable bonds is 7. The smallest absolute Gasteiger partial charge is 0.258 e. The Morgan fingerprint density at radius 3 is 2.23 bits per heavy atom. The Morgan fingerprint density at radius 1 is 0.933 bits per heavy atom. The second-order valence-electron chi connectivity index (χ2n) is 6.60. The van der Waals surface area contributed by atoms with Crippen molar-refractivity contribution in [3.8, 4) is 11.1 Å². The van der Waals surface area contributed by atoms with E-state index in [1.165, 1.54) is 10.4 Å². The molecule has 1 amide bonds. The lowest BCUT2D eigenvalue weighted by Gasteiger charge is -2.19. The molecule has 3 aromatic rings. The normalized spacial score (nSPS) is 11.5. The Morgan fingerprint density at radius 2 is 1.57 bits per heavy atom. The number of nitrogens with one attached hydrogen (secondary N) is 1. The SMILES string of the molecule is CCN(CC)S(=O)(=O)c1ccc(F)c(C(=O)Nc2ccccc2-c2ccccc2)c1. The molecule has 30 heavy (non-hydrogen) atoms. The summed E-state index contributed by atoms with van der Waals surface area (Å²) in [5.41, 5.74) is 1.85. The van der Waals surface area contributed by atoms with Crippen LogP contribution in [0.5, 0.6) is 0 Å². The second-order valence-corrected chi connectivity index (χ2v) is 8.53. The lowest BCUT2D eigenvalue weighted by atomic mass is 10.0. The number of nitrogens with zero attached hydrogens (tertiary/aromatic N) is 1. The van der Waals surface area contributed by atoms with E-state index >= 15 is 0 Å². The minimum Gasteiger partial charge on any atom is -0.321 e. The standard InChI is InChI=1S/C23H23FN2O3S/c1-3-26(4-2)30(28,29)18-14-15-21(24)20(16-18)23(27)25-22-13-9-8-12-19(22)17-10-6-5-7-11-17/h5-16H,3-4H2,1-2H3,(H,25,27). The van der Waals surface area contributed by atoms with Crippen molar-refractivity contribution >= 4 is 21.6 Å². The van der Waals surface area contributed by atoms with Crippen LogP contribution in [0.2, 0.25) is 0 Å². The third-order valence-electron chi connectivity index (χ3n) is 4.79. The highest BCUT2D eigenvalue weighted by atomic mass is 32.2. The maximum atomic E-state index is 14.4. The molecule has 0 fully saturated rings. The molecular formula is C23H23FN2O3S. The van der Waals surface area contributed by atoms with Gasteiger partial charge in [0, 0.05) is 24.3 Å². The molecule has 0 aliphatic heterocycles. The summed E-state index contributed by atoms with van der Waals surface area (Å²) in [4.78, 5) is 12.7. The Bertz CT molecular complexity index is 1140. The van der Waals surface area contributed by atoms with Gasteiger partial charge in [0.2, 0.25) is 10.0 Å². The van der Waals surface area contributed by atoms with E-state index in [0.717, 1.165) is 23.3 Å². The molecule has 0 aliphatic carbocycles. The molecule has 3 aromatic carbocycles. The van der Waals surface area contributed by atoms with Crippen LogP contribution in [-0.4, -0.2) is 31.7 Å². The number of para-hydroxylation sites is 1. The molecule has 7 heteroatoms. The number of carbonyl (C=O) groups excluding carboxylic acids is 1. The lowest BCUT2D eigenvalue weighted by molar-refractivity contribution is 0.102. The lowest BCUT2D eigenvalue weighted by Crippen LogP contribution is -2.31. The topological polar surface area (TPSA) is 66.5 Å². The molecule has 0 atom stereocenters. The van der Waals surface area contributed by atoms with Crippen LogP contribution in [0.3, 0.4) is 0 Å². The molecule has 0 bridgehead atoms. The average Bonchev–Trinajstić information content (AvgIpc) is 2.75. The number of halogens is 1. The average molecular weight is 427 g/mol. The number of anilines is 1. The summed E-state index contributed by atoms with van der Waals surface area (Å²) < 4.78 is 41.2. The van der Waals surface area contributed by atoms with Crippen molar-refractivity contribution in [1.29, 1.82) is 0 Å². The number of benzene rings is 3. The Balaban J connectivity index is 1.96. The van der Waals surface area contributed by atoms with Gasteiger partial charge in [-0.1, -0.05) is 62.4 Å². The molecule has 0 saturated heterocycles. The summed E-state index contributed by atoms with van der Waals surface area (Å²) in [6.07, 6.45) is 0. The summed E-state index contributed by atoms with van der Waals surface area (Å²) in [7, 11) is -3.81. The van der Waals surface area contributed by atoms with Crippen LogP contribution < -0.4 is 5.32 Å². The Hall–Kier alpha value is -3.03. The summed E-state index contributed by atoms with van der Waals surface area (Å²) in [5.74, 6) is -1.50. The van der Waals surface area contributed by atoms with Gasteiger partial charge in [-0.3, -0.25) is 4.79 Å². The van der Waals surface area contributed by atoms with E-state index in [1.807, 2.05) is 42.5 Å². The van der Waals surface area contributed by atoms with Gasteiger partial charge in [0.25, 0.3) is 5.91 Å². The van der Waals surface area contributed by atoms with Gasteiger partial charge in [-0.25, -0.2) is 12.8 Å². The first kappa shape index (κ1) is 21.7. The number of sulfonamides is 1. The van der Waals surface area contributed by atoms with Gasteiger partial charge in [0.15, 0.2) is 0 Å². The number of amides is 1. The van der Waals surface area contributed by atoms with Crippen LogP contribution in [0.15, 0.2) is 77.7 Å². The predicted molar refractivity (Wildman–Crippen MR) is 116 cm³/mol. The van der Waals surface area contributed by atoms with E-state index in [-0.39, 0.29) is 23.5 Å². The van der Waals surface area contributed by atoms with Crippen LogP contribution in [0.4, 0.5) is 10.1 Å².